The smallest absolute Gasteiger partial charge is 0.325 e. The molecule has 3 amide bonds. The highest BCUT2D eigenvalue weighted by atomic mass is 16.5. The monoisotopic (exact) mass is 490 g/mol. The molecule has 2 unspecified atom stereocenters. The van der Waals surface area contributed by atoms with Gasteiger partial charge in [-0.15, -0.1) is 0 Å². The van der Waals surface area contributed by atoms with E-state index in [1.165, 1.54) is 25.9 Å². The predicted octanol–water partition coefficient (Wildman–Crippen LogP) is 4.89. The Bertz CT molecular complexity index is 1240. The normalized spacial score (nSPS) is 20.4. The molecule has 2 N–H and O–H groups in total. The minimum atomic E-state index is -0.196. The lowest BCUT2D eigenvalue weighted by molar-refractivity contribution is 0.0979. The largest absolute Gasteiger partial charge is 0.457 e. The first-order chi connectivity index (χ1) is 17.6. The highest BCUT2D eigenvalue weighted by molar-refractivity contribution is 5.92. The summed E-state index contributed by atoms with van der Waals surface area (Å²) in [5.74, 6) is 1.67. The number of likely N-dealkylation sites (tertiary alicyclic amines) is 2. The van der Waals surface area contributed by atoms with E-state index in [1.54, 1.807) is 36.1 Å². The Morgan fingerprint density at radius 1 is 1.06 bits per heavy atom. The zero-order valence-electron chi connectivity index (χ0n) is 20.9. The lowest BCUT2D eigenvalue weighted by Gasteiger charge is -2.42. The molecule has 2 fully saturated rings. The molecular formula is C27H34N6O3. The van der Waals surface area contributed by atoms with Crippen LogP contribution in [0.4, 0.5) is 15.4 Å². The van der Waals surface area contributed by atoms with Gasteiger partial charge < -0.3 is 19.9 Å². The third-order valence-electron chi connectivity index (χ3n) is 7.37. The van der Waals surface area contributed by atoms with E-state index in [4.69, 9.17) is 4.74 Å². The Labute approximate surface area is 211 Å². The summed E-state index contributed by atoms with van der Waals surface area (Å²) in [7, 11) is 1.60. The summed E-state index contributed by atoms with van der Waals surface area (Å²) < 4.78 is 7.60. The standard InChI is InChI=1S/C27H34N6O3/c1-3-20-17-21(31-12-4-5-13-31)10-15-32(20)27(35)30-25-18-23(8-11-29-25)36-22-6-7-24-19(16-22)9-14-33(24)26(34)28-2/h6-9,11,14,16,18,20-21H,3-5,10,12-13,15,17H2,1-2H3,(H,28,34)(H,29,30,35). The molecule has 190 valence electrons. The number of benzene rings is 1. The first kappa shape index (κ1) is 24.1. The molecule has 36 heavy (non-hydrogen) atoms. The maximum absolute atomic E-state index is 13.1. The molecule has 9 nitrogen and oxygen atoms in total. The number of aromatic nitrogens is 2. The molecule has 0 spiro atoms. The van der Waals surface area contributed by atoms with E-state index in [2.05, 4.69) is 27.4 Å². The number of carbonyl (C=O) groups excluding carboxylic acids is 2. The van der Waals surface area contributed by atoms with Gasteiger partial charge in [-0.3, -0.25) is 9.88 Å². The van der Waals surface area contributed by atoms with Crippen LogP contribution in [0.25, 0.3) is 10.9 Å². The van der Waals surface area contributed by atoms with E-state index < -0.39 is 0 Å². The van der Waals surface area contributed by atoms with Crippen LogP contribution >= 0.6 is 0 Å². The molecule has 2 aliphatic rings. The van der Waals surface area contributed by atoms with Crippen LogP contribution in [0.3, 0.4) is 0 Å². The van der Waals surface area contributed by atoms with E-state index in [0.717, 1.165) is 36.7 Å². The third-order valence-corrected chi connectivity index (χ3v) is 7.37. The van der Waals surface area contributed by atoms with Crippen LogP contribution in [0.2, 0.25) is 0 Å². The van der Waals surface area contributed by atoms with Crippen LogP contribution in [0, 0.1) is 0 Å². The number of nitrogens with one attached hydrogen (secondary N) is 2. The fraction of sp³-hybridized carbons (Fsp3) is 0.444. The van der Waals surface area contributed by atoms with Crippen LogP contribution in [0.5, 0.6) is 11.5 Å². The van der Waals surface area contributed by atoms with Crippen molar-refractivity contribution in [1.29, 1.82) is 0 Å². The van der Waals surface area contributed by atoms with Crippen LogP contribution in [-0.2, 0) is 0 Å². The van der Waals surface area contributed by atoms with Gasteiger partial charge in [0.05, 0.1) is 5.52 Å². The molecule has 1 aromatic carbocycles. The van der Waals surface area contributed by atoms with Gasteiger partial charge in [-0.2, -0.15) is 0 Å². The number of anilines is 1. The van der Waals surface area contributed by atoms with E-state index in [-0.39, 0.29) is 18.1 Å². The molecule has 3 aromatic rings. The van der Waals surface area contributed by atoms with Crippen molar-refractivity contribution in [3.8, 4) is 11.5 Å². The fourth-order valence-electron chi connectivity index (χ4n) is 5.46. The average molecular weight is 491 g/mol. The van der Waals surface area contributed by atoms with Gasteiger partial charge in [-0.1, -0.05) is 6.92 Å². The summed E-state index contributed by atoms with van der Waals surface area (Å²) in [6.07, 6.45) is 8.93. The molecule has 0 bridgehead atoms. The van der Waals surface area contributed by atoms with Gasteiger partial charge in [0.15, 0.2) is 0 Å². The summed E-state index contributed by atoms with van der Waals surface area (Å²) in [6.45, 7) is 5.30. The summed E-state index contributed by atoms with van der Waals surface area (Å²) in [5.41, 5.74) is 0.795. The van der Waals surface area contributed by atoms with Crippen molar-refractivity contribution >= 4 is 28.8 Å². The quantitative estimate of drug-likeness (QED) is 0.532. The van der Waals surface area contributed by atoms with Crippen molar-refractivity contribution in [1.82, 2.24) is 24.7 Å². The van der Waals surface area contributed by atoms with Crippen molar-refractivity contribution in [3.63, 3.8) is 0 Å². The maximum atomic E-state index is 13.1. The molecule has 2 aromatic heterocycles. The molecule has 4 heterocycles. The van der Waals surface area contributed by atoms with Crippen LogP contribution < -0.4 is 15.4 Å². The van der Waals surface area contributed by atoms with Gasteiger partial charge >= 0.3 is 12.1 Å². The zero-order valence-corrected chi connectivity index (χ0v) is 20.9. The summed E-state index contributed by atoms with van der Waals surface area (Å²) in [5, 5.41) is 6.49. The minimum Gasteiger partial charge on any atom is -0.457 e. The molecule has 5 rings (SSSR count). The Hall–Kier alpha value is -3.59. The van der Waals surface area contributed by atoms with E-state index in [0.29, 0.717) is 23.4 Å². The van der Waals surface area contributed by atoms with Gasteiger partial charge in [-0.05, 0) is 75.5 Å². The second kappa shape index (κ2) is 10.6. The van der Waals surface area contributed by atoms with Gasteiger partial charge in [0, 0.05) is 49.5 Å². The second-order valence-corrected chi connectivity index (χ2v) is 9.55. The number of nitrogens with zero attached hydrogens (tertiary/aromatic N) is 4. The number of hydrogen-bond donors (Lipinski definition) is 2. The Morgan fingerprint density at radius 3 is 2.64 bits per heavy atom. The van der Waals surface area contributed by atoms with Crippen molar-refractivity contribution < 1.29 is 14.3 Å². The molecule has 0 aliphatic carbocycles. The third kappa shape index (κ3) is 5.02. The Balaban J connectivity index is 1.23. The average Bonchev–Trinajstić information content (AvgIpc) is 3.58. The summed E-state index contributed by atoms with van der Waals surface area (Å²) in [6, 6.07) is 11.4. The Morgan fingerprint density at radius 2 is 1.86 bits per heavy atom. The van der Waals surface area contributed by atoms with Gasteiger partial charge in [0.2, 0.25) is 0 Å². The minimum absolute atomic E-state index is 0.108. The highest BCUT2D eigenvalue weighted by Crippen LogP contribution is 2.29. The number of amides is 3. The van der Waals surface area contributed by atoms with E-state index >= 15 is 0 Å². The molecule has 2 saturated heterocycles. The number of carbonyl (C=O) groups is 2. The van der Waals surface area contributed by atoms with Gasteiger partial charge in [0.1, 0.15) is 17.3 Å². The molecule has 0 saturated carbocycles. The lowest BCUT2D eigenvalue weighted by Crippen LogP contribution is -2.52. The molecule has 9 heteroatoms. The number of urea groups is 1. The fourth-order valence-corrected chi connectivity index (χ4v) is 5.46. The van der Waals surface area contributed by atoms with Crippen molar-refractivity contribution in [2.24, 2.45) is 0 Å². The molecular weight excluding hydrogens is 456 g/mol. The topological polar surface area (TPSA) is 91.7 Å². The van der Waals surface area contributed by atoms with Crippen LogP contribution in [0.15, 0.2) is 48.8 Å². The lowest BCUT2D eigenvalue weighted by atomic mass is 9.94. The van der Waals surface area contributed by atoms with Gasteiger partial charge in [0.25, 0.3) is 0 Å². The maximum Gasteiger partial charge on any atom is 0.325 e. The number of fused-ring (bicyclic) bond motifs is 1. The molecule has 2 aliphatic heterocycles. The van der Waals surface area contributed by atoms with Gasteiger partial charge in [-0.25, -0.2) is 14.6 Å². The zero-order chi connectivity index (χ0) is 25.1. The Kier molecular flexibility index (Phi) is 7.09. The summed E-state index contributed by atoms with van der Waals surface area (Å²) >= 11 is 0. The van der Waals surface area contributed by atoms with E-state index in [9.17, 15) is 9.59 Å². The predicted molar refractivity (Wildman–Crippen MR) is 140 cm³/mol. The number of hydrogen-bond acceptors (Lipinski definition) is 5. The number of rotatable bonds is 5. The SMILES string of the molecule is CCC1CC(N2CCCC2)CCN1C(=O)Nc1cc(Oc2ccc3c(ccn3C(=O)NC)c2)ccn1. The molecule has 0 radical (unpaired) electrons. The van der Waals surface area contributed by atoms with Crippen molar-refractivity contribution in [2.45, 2.75) is 51.1 Å². The first-order valence-corrected chi connectivity index (χ1v) is 12.8. The van der Waals surface area contributed by atoms with E-state index in [1.807, 2.05) is 29.2 Å². The number of piperidine rings is 1. The summed E-state index contributed by atoms with van der Waals surface area (Å²) in [4.78, 5) is 34.0. The van der Waals surface area contributed by atoms with Crippen LogP contribution in [-0.4, -0.2) is 70.2 Å². The molecule has 2 atom stereocenters. The highest BCUT2D eigenvalue weighted by Gasteiger charge is 2.34. The first-order valence-electron chi connectivity index (χ1n) is 12.8. The van der Waals surface area contributed by atoms with Crippen molar-refractivity contribution in [2.75, 3.05) is 32.0 Å². The van der Waals surface area contributed by atoms with Crippen LogP contribution in [0.1, 0.15) is 39.0 Å². The van der Waals surface area contributed by atoms with Crippen molar-refractivity contribution in [3.05, 3.63) is 48.8 Å². The second-order valence-electron chi connectivity index (χ2n) is 9.55. The number of pyridine rings is 1. The number of ether oxygens (including phenoxy) is 1.